The average Bonchev–Trinajstić information content (AvgIpc) is 3.21. The van der Waals surface area contributed by atoms with Crippen LogP contribution in [0.3, 0.4) is 0 Å². The Labute approximate surface area is 170 Å². The summed E-state index contributed by atoms with van der Waals surface area (Å²) in [7, 11) is -0.105. The van der Waals surface area contributed by atoms with Crippen molar-refractivity contribution in [3.05, 3.63) is 30.1 Å². The zero-order chi connectivity index (χ0) is 21.0. The molecule has 1 fully saturated rings. The van der Waals surface area contributed by atoms with Gasteiger partial charge in [-0.3, -0.25) is 4.79 Å². The van der Waals surface area contributed by atoms with Gasteiger partial charge in [0, 0.05) is 39.8 Å². The molecule has 0 atom stereocenters. The Kier molecular flexibility index (Phi) is 6.28. The van der Waals surface area contributed by atoms with E-state index in [1.54, 1.807) is 4.90 Å². The van der Waals surface area contributed by atoms with Crippen molar-refractivity contribution in [3.8, 4) is 0 Å². The second-order valence-electron chi connectivity index (χ2n) is 6.97. The fraction of sp³-hybridized carbons (Fsp3) is 0.444. The van der Waals surface area contributed by atoms with Gasteiger partial charge in [-0.25, -0.2) is 13.1 Å². The first kappa shape index (κ1) is 20.9. The average molecular weight is 420 g/mol. The highest BCUT2D eigenvalue weighted by molar-refractivity contribution is 7.89. The van der Waals surface area contributed by atoms with Gasteiger partial charge < -0.3 is 15.1 Å². The molecule has 0 radical (unpaired) electrons. The molecule has 1 aliphatic heterocycles. The topological polar surface area (TPSA) is 120 Å². The third-order valence-corrected chi connectivity index (χ3v) is 5.77. The van der Waals surface area contributed by atoms with Gasteiger partial charge in [-0.2, -0.15) is 15.0 Å². The lowest BCUT2D eigenvalue weighted by atomic mass is 10.3. The maximum absolute atomic E-state index is 12.6. The van der Waals surface area contributed by atoms with Crippen LogP contribution >= 0.6 is 0 Å². The highest BCUT2D eigenvalue weighted by atomic mass is 32.2. The van der Waals surface area contributed by atoms with E-state index < -0.39 is 10.0 Å². The van der Waals surface area contributed by atoms with Gasteiger partial charge in [-0.1, -0.05) is 0 Å². The normalized spacial score (nSPS) is 14.1. The summed E-state index contributed by atoms with van der Waals surface area (Å²) in [4.78, 5) is 28.3. The van der Waals surface area contributed by atoms with Gasteiger partial charge in [-0.15, -0.1) is 0 Å². The third kappa shape index (κ3) is 5.39. The predicted octanol–water partition coefficient (Wildman–Crippen LogP) is 0.975. The fourth-order valence-electron chi connectivity index (χ4n) is 2.90. The molecule has 156 valence electrons. The van der Waals surface area contributed by atoms with Crippen LogP contribution < -0.4 is 19.8 Å². The molecular formula is C18H25N7O3S. The van der Waals surface area contributed by atoms with Crippen molar-refractivity contribution in [1.82, 2.24) is 19.7 Å². The van der Waals surface area contributed by atoms with E-state index in [-0.39, 0.29) is 17.3 Å². The van der Waals surface area contributed by atoms with E-state index in [1.807, 2.05) is 14.1 Å². The summed E-state index contributed by atoms with van der Waals surface area (Å²) in [6, 6.07) is 5.94. The molecule has 2 N–H and O–H groups in total. The number of sulfonamides is 1. The second-order valence-corrected chi connectivity index (χ2v) is 8.74. The van der Waals surface area contributed by atoms with Crippen molar-refractivity contribution >= 4 is 33.5 Å². The van der Waals surface area contributed by atoms with Crippen LogP contribution in [0.15, 0.2) is 29.2 Å². The highest BCUT2D eigenvalue weighted by Gasteiger charge is 2.20. The summed E-state index contributed by atoms with van der Waals surface area (Å²) in [6.45, 7) is 3.09. The van der Waals surface area contributed by atoms with Crippen LogP contribution in [0.5, 0.6) is 0 Å². The molecule has 2 aromatic rings. The third-order valence-electron chi connectivity index (χ3n) is 4.35. The number of aromatic nitrogens is 3. The van der Waals surface area contributed by atoms with Crippen LogP contribution in [0.25, 0.3) is 0 Å². The van der Waals surface area contributed by atoms with Gasteiger partial charge in [0.1, 0.15) is 0 Å². The molecule has 0 unspecified atom stereocenters. The van der Waals surface area contributed by atoms with Crippen molar-refractivity contribution < 1.29 is 13.2 Å². The van der Waals surface area contributed by atoms with Crippen LogP contribution in [0, 0.1) is 0 Å². The van der Waals surface area contributed by atoms with Crippen molar-refractivity contribution in [2.75, 3.05) is 42.3 Å². The van der Waals surface area contributed by atoms with Gasteiger partial charge in [0.25, 0.3) is 0 Å². The molecule has 1 aromatic carbocycles. The largest absolute Gasteiger partial charge is 0.347 e. The van der Waals surface area contributed by atoms with Gasteiger partial charge in [0.2, 0.25) is 27.8 Å². The Morgan fingerprint density at radius 2 is 1.76 bits per heavy atom. The lowest BCUT2D eigenvalue weighted by Gasteiger charge is -2.19. The Balaban J connectivity index is 1.76. The predicted molar refractivity (Wildman–Crippen MR) is 110 cm³/mol. The SMILES string of the molecule is CC(=O)Nc1ccc(S(=O)(=O)NCc2nc(N(C)C)nc(N3CCCC3)n2)cc1. The highest BCUT2D eigenvalue weighted by Crippen LogP contribution is 2.19. The van der Waals surface area contributed by atoms with E-state index in [2.05, 4.69) is 29.9 Å². The first-order valence-electron chi connectivity index (χ1n) is 9.29. The molecule has 10 nitrogen and oxygen atoms in total. The molecule has 2 heterocycles. The summed E-state index contributed by atoms with van der Waals surface area (Å²) in [5.41, 5.74) is 0.528. The number of hydrogen-bond donors (Lipinski definition) is 2. The van der Waals surface area contributed by atoms with Crippen molar-refractivity contribution in [1.29, 1.82) is 0 Å². The first-order valence-corrected chi connectivity index (χ1v) is 10.8. The van der Waals surface area contributed by atoms with E-state index in [1.165, 1.54) is 31.2 Å². The summed E-state index contributed by atoms with van der Waals surface area (Å²) >= 11 is 0. The zero-order valence-electron chi connectivity index (χ0n) is 16.7. The summed E-state index contributed by atoms with van der Waals surface area (Å²) in [5, 5.41) is 2.60. The van der Waals surface area contributed by atoms with Gasteiger partial charge in [0.15, 0.2) is 5.82 Å². The Morgan fingerprint density at radius 3 is 2.34 bits per heavy atom. The number of benzene rings is 1. The molecule has 0 bridgehead atoms. The van der Waals surface area contributed by atoms with Crippen molar-refractivity contribution in [2.24, 2.45) is 0 Å². The number of nitrogens with one attached hydrogen (secondary N) is 2. The standard InChI is InChI=1S/C18H25N7O3S/c1-13(26)20-14-6-8-15(9-7-14)29(27,28)19-12-16-21-17(24(2)3)23-18(22-16)25-10-4-5-11-25/h6-9,19H,4-5,10-12H2,1-3H3,(H,20,26). The molecule has 29 heavy (non-hydrogen) atoms. The number of amides is 1. The van der Waals surface area contributed by atoms with Crippen molar-refractivity contribution in [3.63, 3.8) is 0 Å². The number of anilines is 3. The molecule has 1 aliphatic rings. The number of rotatable bonds is 7. The lowest BCUT2D eigenvalue weighted by Crippen LogP contribution is -2.27. The van der Waals surface area contributed by atoms with Gasteiger partial charge in [-0.05, 0) is 37.1 Å². The smallest absolute Gasteiger partial charge is 0.240 e. The number of carbonyl (C=O) groups excluding carboxylic acids is 1. The van der Waals surface area contributed by atoms with Crippen LogP contribution in [0.4, 0.5) is 17.6 Å². The van der Waals surface area contributed by atoms with Crippen LogP contribution in [0.1, 0.15) is 25.6 Å². The Hall–Kier alpha value is -2.79. The van der Waals surface area contributed by atoms with Gasteiger partial charge >= 0.3 is 0 Å². The van der Waals surface area contributed by atoms with Crippen LogP contribution in [-0.4, -0.2) is 56.5 Å². The number of nitrogens with zero attached hydrogens (tertiary/aromatic N) is 5. The molecule has 0 saturated carbocycles. The Bertz CT molecular complexity index is 971. The monoisotopic (exact) mass is 419 g/mol. The van der Waals surface area contributed by atoms with E-state index in [4.69, 9.17) is 0 Å². The van der Waals surface area contributed by atoms with Crippen LogP contribution in [0.2, 0.25) is 0 Å². The second kappa shape index (κ2) is 8.70. The quantitative estimate of drug-likeness (QED) is 0.681. The minimum absolute atomic E-state index is 0.0556. The Morgan fingerprint density at radius 1 is 1.10 bits per heavy atom. The summed E-state index contributed by atoms with van der Waals surface area (Å²) in [5.74, 6) is 1.17. The van der Waals surface area contributed by atoms with Gasteiger partial charge in [0.05, 0.1) is 11.4 Å². The van der Waals surface area contributed by atoms with E-state index in [0.717, 1.165) is 25.9 Å². The molecule has 0 spiro atoms. The number of carbonyl (C=O) groups is 1. The fourth-order valence-corrected chi connectivity index (χ4v) is 3.88. The molecule has 1 aromatic heterocycles. The maximum Gasteiger partial charge on any atom is 0.240 e. The maximum atomic E-state index is 12.6. The molecular weight excluding hydrogens is 394 g/mol. The summed E-state index contributed by atoms with van der Waals surface area (Å²) < 4.78 is 27.7. The minimum atomic E-state index is -3.76. The lowest BCUT2D eigenvalue weighted by molar-refractivity contribution is -0.114. The number of hydrogen-bond acceptors (Lipinski definition) is 8. The molecule has 1 saturated heterocycles. The zero-order valence-corrected chi connectivity index (χ0v) is 17.5. The van der Waals surface area contributed by atoms with E-state index in [0.29, 0.717) is 23.4 Å². The van der Waals surface area contributed by atoms with E-state index >= 15 is 0 Å². The first-order chi connectivity index (χ1) is 13.7. The van der Waals surface area contributed by atoms with Crippen LogP contribution in [-0.2, 0) is 21.4 Å². The summed E-state index contributed by atoms with van der Waals surface area (Å²) in [6.07, 6.45) is 2.17. The molecule has 0 aliphatic carbocycles. The molecule has 3 rings (SSSR count). The minimum Gasteiger partial charge on any atom is -0.347 e. The molecule has 11 heteroatoms. The van der Waals surface area contributed by atoms with E-state index in [9.17, 15) is 13.2 Å². The molecule has 1 amide bonds. The van der Waals surface area contributed by atoms with Crippen molar-refractivity contribution in [2.45, 2.75) is 31.2 Å².